The molecule has 0 aromatic heterocycles. The van der Waals surface area contributed by atoms with Crippen LogP contribution in [0.2, 0.25) is 0 Å². The summed E-state index contributed by atoms with van der Waals surface area (Å²) >= 11 is 0. The molecule has 0 amide bonds. The van der Waals surface area contributed by atoms with Crippen LogP contribution in [0.15, 0.2) is 42.5 Å². The lowest BCUT2D eigenvalue weighted by Crippen LogP contribution is -2.39. The second-order valence-electron chi connectivity index (χ2n) is 7.74. The summed E-state index contributed by atoms with van der Waals surface area (Å²) in [5.74, 6) is 1.39. The largest absolute Gasteiger partial charge is 0.497 e. The van der Waals surface area contributed by atoms with Crippen molar-refractivity contribution in [2.45, 2.75) is 44.3 Å². The lowest BCUT2D eigenvalue weighted by molar-refractivity contribution is -0.00342. The standard InChI is InChI=1S/C23H28FNO2/c1-26-22-9-6-18-4-5-19(23(18)14-22)15-25-12-10-21(11-13-25)27-16-17-2-7-20(24)8-3-17/h2-3,6-9,14,19,21H,4-5,10-13,15-16H2,1H3. The fraction of sp³-hybridized carbons (Fsp3) is 0.478. The fourth-order valence-electron chi connectivity index (χ4n) is 4.35. The van der Waals surface area contributed by atoms with Crippen molar-refractivity contribution >= 4 is 0 Å². The van der Waals surface area contributed by atoms with E-state index in [0.29, 0.717) is 18.6 Å². The van der Waals surface area contributed by atoms with Gasteiger partial charge in [0.1, 0.15) is 11.6 Å². The zero-order valence-electron chi connectivity index (χ0n) is 16.0. The number of likely N-dealkylation sites (tertiary alicyclic amines) is 1. The molecule has 1 fully saturated rings. The average Bonchev–Trinajstić information content (AvgIpc) is 3.10. The summed E-state index contributed by atoms with van der Waals surface area (Å²) < 4.78 is 24.4. The van der Waals surface area contributed by atoms with E-state index in [1.807, 2.05) is 0 Å². The Bertz CT molecular complexity index is 753. The van der Waals surface area contributed by atoms with Crippen molar-refractivity contribution in [1.29, 1.82) is 0 Å². The molecule has 1 aliphatic heterocycles. The van der Waals surface area contributed by atoms with E-state index in [2.05, 4.69) is 23.1 Å². The number of rotatable bonds is 6. The van der Waals surface area contributed by atoms with Gasteiger partial charge in [-0.15, -0.1) is 0 Å². The molecule has 4 heteroatoms. The van der Waals surface area contributed by atoms with Gasteiger partial charge in [-0.1, -0.05) is 18.2 Å². The number of ether oxygens (including phenoxy) is 2. The zero-order chi connectivity index (χ0) is 18.6. The third kappa shape index (κ3) is 4.50. The molecule has 0 radical (unpaired) electrons. The summed E-state index contributed by atoms with van der Waals surface area (Å²) in [6, 6.07) is 13.1. The van der Waals surface area contributed by atoms with E-state index < -0.39 is 0 Å². The van der Waals surface area contributed by atoms with Crippen LogP contribution in [-0.4, -0.2) is 37.7 Å². The first-order chi connectivity index (χ1) is 13.2. The molecule has 0 N–H and O–H groups in total. The van der Waals surface area contributed by atoms with E-state index in [9.17, 15) is 4.39 Å². The molecule has 3 nitrogen and oxygen atoms in total. The Morgan fingerprint density at radius 3 is 2.56 bits per heavy atom. The third-order valence-corrected chi connectivity index (χ3v) is 5.97. The van der Waals surface area contributed by atoms with Gasteiger partial charge in [-0.25, -0.2) is 4.39 Å². The third-order valence-electron chi connectivity index (χ3n) is 5.97. The van der Waals surface area contributed by atoms with Crippen LogP contribution in [0, 0.1) is 5.82 Å². The van der Waals surface area contributed by atoms with Gasteiger partial charge < -0.3 is 14.4 Å². The number of hydrogen-bond donors (Lipinski definition) is 0. The first-order valence-electron chi connectivity index (χ1n) is 9.96. The van der Waals surface area contributed by atoms with Gasteiger partial charge in [-0.3, -0.25) is 0 Å². The second-order valence-corrected chi connectivity index (χ2v) is 7.74. The van der Waals surface area contributed by atoms with Crippen LogP contribution in [0.5, 0.6) is 5.75 Å². The topological polar surface area (TPSA) is 21.7 Å². The first kappa shape index (κ1) is 18.5. The van der Waals surface area contributed by atoms with E-state index in [1.165, 1.54) is 36.1 Å². The first-order valence-corrected chi connectivity index (χ1v) is 9.96. The lowest BCUT2D eigenvalue weighted by Gasteiger charge is -2.33. The predicted octanol–water partition coefficient (Wildman–Crippen LogP) is 4.55. The molecular weight excluding hydrogens is 341 g/mol. The number of piperidine rings is 1. The van der Waals surface area contributed by atoms with Crippen LogP contribution < -0.4 is 4.74 Å². The Labute approximate surface area is 161 Å². The molecule has 1 heterocycles. The maximum Gasteiger partial charge on any atom is 0.123 e. The van der Waals surface area contributed by atoms with Gasteiger partial charge in [0.05, 0.1) is 19.8 Å². The van der Waals surface area contributed by atoms with Crippen LogP contribution in [0.25, 0.3) is 0 Å². The monoisotopic (exact) mass is 369 g/mol. The normalized spacial score (nSPS) is 20.6. The van der Waals surface area contributed by atoms with Gasteiger partial charge in [-0.2, -0.15) is 0 Å². The van der Waals surface area contributed by atoms with Crippen molar-refractivity contribution in [3.05, 3.63) is 65.0 Å². The summed E-state index contributed by atoms with van der Waals surface area (Å²) in [6.45, 7) is 3.87. The van der Waals surface area contributed by atoms with E-state index in [1.54, 1.807) is 19.2 Å². The fourth-order valence-corrected chi connectivity index (χ4v) is 4.35. The Morgan fingerprint density at radius 1 is 1.04 bits per heavy atom. The van der Waals surface area contributed by atoms with Gasteiger partial charge >= 0.3 is 0 Å². The number of methoxy groups -OCH3 is 1. The van der Waals surface area contributed by atoms with Crippen molar-refractivity contribution in [2.75, 3.05) is 26.7 Å². The number of benzene rings is 2. The van der Waals surface area contributed by atoms with Crippen LogP contribution in [0.4, 0.5) is 4.39 Å². The Balaban J connectivity index is 1.25. The molecule has 1 saturated heterocycles. The highest BCUT2D eigenvalue weighted by molar-refractivity contribution is 5.41. The summed E-state index contributed by atoms with van der Waals surface area (Å²) in [6.07, 6.45) is 4.87. The Kier molecular flexibility index (Phi) is 5.74. The van der Waals surface area contributed by atoms with E-state index in [-0.39, 0.29) is 5.82 Å². The van der Waals surface area contributed by atoms with Crippen LogP contribution in [0.3, 0.4) is 0 Å². The minimum absolute atomic E-state index is 0.196. The second kappa shape index (κ2) is 8.41. The minimum Gasteiger partial charge on any atom is -0.497 e. The minimum atomic E-state index is -0.196. The molecule has 0 saturated carbocycles. The average molecular weight is 369 g/mol. The molecule has 1 aliphatic carbocycles. The highest BCUT2D eigenvalue weighted by Crippen LogP contribution is 2.36. The van der Waals surface area contributed by atoms with Crippen molar-refractivity contribution in [1.82, 2.24) is 4.90 Å². The number of fused-ring (bicyclic) bond motifs is 1. The Hall–Kier alpha value is -1.91. The number of nitrogens with zero attached hydrogens (tertiary/aromatic N) is 1. The van der Waals surface area contributed by atoms with Crippen molar-refractivity contribution < 1.29 is 13.9 Å². The number of aryl methyl sites for hydroxylation is 1. The van der Waals surface area contributed by atoms with Gasteiger partial charge in [0, 0.05) is 19.6 Å². The summed E-state index contributed by atoms with van der Waals surface area (Å²) in [5, 5.41) is 0. The highest BCUT2D eigenvalue weighted by Gasteiger charge is 2.27. The predicted molar refractivity (Wildman–Crippen MR) is 105 cm³/mol. The molecule has 2 aliphatic rings. The molecule has 27 heavy (non-hydrogen) atoms. The summed E-state index contributed by atoms with van der Waals surface area (Å²) in [4.78, 5) is 2.58. The molecule has 4 rings (SSSR count). The molecule has 2 aromatic carbocycles. The highest BCUT2D eigenvalue weighted by atomic mass is 19.1. The molecular formula is C23H28FNO2. The van der Waals surface area contributed by atoms with Gasteiger partial charge in [-0.05, 0) is 72.6 Å². The molecule has 0 bridgehead atoms. The van der Waals surface area contributed by atoms with Crippen molar-refractivity contribution in [3.63, 3.8) is 0 Å². The van der Waals surface area contributed by atoms with E-state index in [4.69, 9.17) is 9.47 Å². The molecule has 1 atom stereocenters. The SMILES string of the molecule is COc1ccc2c(c1)C(CN1CCC(OCc3ccc(F)cc3)CC1)CC2. The molecule has 144 valence electrons. The number of halogens is 1. The van der Waals surface area contributed by atoms with Gasteiger partial charge in [0.25, 0.3) is 0 Å². The zero-order valence-corrected chi connectivity index (χ0v) is 16.0. The smallest absolute Gasteiger partial charge is 0.123 e. The van der Waals surface area contributed by atoms with Crippen LogP contribution in [0.1, 0.15) is 41.9 Å². The quantitative estimate of drug-likeness (QED) is 0.746. The number of hydrogen-bond acceptors (Lipinski definition) is 3. The lowest BCUT2D eigenvalue weighted by atomic mass is 9.98. The van der Waals surface area contributed by atoms with E-state index >= 15 is 0 Å². The molecule has 0 spiro atoms. The van der Waals surface area contributed by atoms with Crippen molar-refractivity contribution in [3.8, 4) is 5.75 Å². The van der Waals surface area contributed by atoms with Gasteiger partial charge in [0.2, 0.25) is 0 Å². The van der Waals surface area contributed by atoms with Crippen LogP contribution >= 0.6 is 0 Å². The van der Waals surface area contributed by atoms with Crippen molar-refractivity contribution in [2.24, 2.45) is 0 Å². The molecule has 2 aromatic rings. The van der Waals surface area contributed by atoms with E-state index in [0.717, 1.165) is 43.8 Å². The molecule has 1 unspecified atom stereocenters. The maximum absolute atomic E-state index is 13.0. The summed E-state index contributed by atoms with van der Waals surface area (Å²) in [5.41, 5.74) is 4.00. The Morgan fingerprint density at radius 2 is 1.81 bits per heavy atom. The van der Waals surface area contributed by atoms with Gasteiger partial charge in [0.15, 0.2) is 0 Å². The summed E-state index contributed by atoms with van der Waals surface area (Å²) in [7, 11) is 1.74. The maximum atomic E-state index is 13.0. The van der Waals surface area contributed by atoms with Crippen LogP contribution in [-0.2, 0) is 17.8 Å².